The molecule has 3 aromatic rings. The number of hydrogen-bond donors (Lipinski definition) is 2. The normalized spacial score (nSPS) is 13.4. The van der Waals surface area contributed by atoms with Gasteiger partial charge in [-0.2, -0.15) is 0 Å². The number of nitrogens with zero attached hydrogens (tertiary/aromatic N) is 2. The van der Waals surface area contributed by atoms with Crippen LogP contribution in [0.25, 0.3) is 0 Å². The highest BCUT2D eigenvalue weighted by atomic mass is 19.1. The Hall–Kier alpha value is -3.06. The van der Waals surface area contributed by atoms with Crippen molar-refractivity contribution in [2.24, 2.45) is 5.16 Å². The number of halogens is 1. The zero-order valence-corrected chi connectivity index (χ0v) is 19.1. The van der Waals surface area contributed by atoms with Gasteiger partial charge in [0.1, 0.15) is 18.0 Å². The Balaban J connectivity index is 1.83. The van der Waals surface area contributed by atoms with Crippen LogP contribution in [0.2, 0.25) is 0 Å². The molecule has 3 rings (SSSR count). The molecule has 5 nitrogen and oxygen atoms in total. The quantitative estimate of drug-likeness (QED) is 0.335. The molecule has 174 valence electrons. The largest absolute Gasteiger partial charge is 0.392 e. The summed E-state index contributed by atoms with van der Waals surface area (Å²) < 4.78 is 13.5. The van der Waals surface area contributed by atoms with Gasteiger partial charge in [0, 0.05) is 0 Å². The molecule has 0 saturated heterocycles. The lowest BCUT2D eigenvalue weighted by atomic mass is 9.80. The molecule has 0 radical (unpaired) electrons. The highest BCUT2D eigenvalue weighted by Gasteiger charge is 2.33. The third-order valence-electron chi connectivity index (χ3n) is 5.56. The van der Waals surface area contributed by atoms with E-state index in [4.69, 9.17) is 4.84 Å². The number of oxime groups is 1. The van der Waals surface area contributed by atoms with Gasteiger partial charge in [0.15, 0.2) is 0 Å². The molecule has 0 aliphatic rings. The average molecular weight is 451 g/mol. The van der Waals surface area contributed by atoms with Gasteiger partial charge in [-0.05, 0) is 79.5 Å². The Morgan fingerprint density at radius 2 is 1.76 bits per heavy atom. The van der Waals surface area contributed by atoms with Crippen LogP contribution >= 0.6 is 0 Å². The fourth-order valence-corrected chi connectivity index (χ4v) is 3.82. The van der Waals surface area contributed by atoms with E-state index in [0.717, 1.165) is 24.1 Å². The lowest BCUT2D eigenvalue weighted by Gasteiger charge is -2.32. The summed E-state index contributed by atoms with van der Waals surface area (Å²) in [7, 11) is 3.95. The van der Waals surface area contributed by atoms with E-state index >= 15 is 0 Å². The number of benzene rings is 3. The van der Waals surface area contributed by atoms with E-state index in [1.54, 1.807) is 30.5 Å². The number of aliphatic hydroxyl groups excluding tert-OH is 1. The smallest absolute Gasteiger partial charge is 0.142 e. The van der Waals surface area contributed by atoms with Crippen molar-refractivity contribution in [3.8, 4) is 0 Å². The van der Waals surface area contributed by atoms with E-state index in [9.17, 15) is 14.6 Å². The summed E-state index contributed by atoms with van der Waals surface area (Å²) in [5.74, 6) is -0.362. The predicted octanol–water partition coefficient (Wildman–Crippen LogP) is 4.45. The summed E-state index contributed by atoms with van der Waals surface area (Å²) >= 11 is 0. The number of aliphatic hydroxyl groups is 2. The summed E-state index contributed by atoms with van der Waals surface area (Å²) in [6.07, 6.45) is 2.73. The van der Waals surface area contributed by atoms with Crippen LogP contribution in [-0.2, 0) is 23.7 Å². The molecule has 0 spiro atoms. The molecule has 0 aliphatic heterocycles. The molecule has 0 amide bonds. The highest BCUT2D eigenvalue weighted by Crippen LogP contribution is 2.36. The molecule has 0 bridgehead atoms. The lowest BCUT2D eigenvalue weighted by Crippen LogP contribution is -2.30. The van der Waals surface area contributed by atoms with Crippen molar-refractivity contribution in [3.63, 3.8) is 0 Å². The van der Waals surface area contributed by atoms with Crippen molar-refractivity contribution < 1.29 is 19.4 Å². The van der Waals surface area contributed by atoms with Gasteiger partial charge < -0.3 is 20.0 Å². The third kappa shape index (κ3) is 6.71. The van der Waals surface area contributed by atoms with Crippen LogP contribution in [0, 0.1) is 5.82 Å². The monoisotopic (exact) mass is 450 g/mol. The van der Waals surface area contributed by atoms with Crippen molar-refractivity contribution in [1.82, 2.24) is 4.90 Å². The van der Waals surface area contributed by atoms with Gasteiger partial charge in [-0.15, -0.1) is 0 Å². The molecule has 1 atom stereocenters. The molecule has 0 heterocycles. The molecule has 0 aliphatic carbocycles. The Labute approximate surface area is 194 Å². The fourth-order valence-electron chi connectivity index (χ4n) is 3.82. The van der Waals surface area contributed by atoms with Crippen LogP contribution in [0.15, 0.2) is 78.0 Å². The molecule has 0 saturated carbocycles. The molecule has 6 heteroatoms. The second-order valence-corrected chi connectivity index (χ2v) is 8.34. The Bertz CT molecular complexity index is 1040. The van der Waals surface area contributed by atoms with Crippen LogP contribution in [0.4, 0.5) is 4.39 Å². The first-order chi connectivity index (χ1) is 15.9. The lowest BCUT2D eigenvalue weighted by molar-refractivity contribution is 0.0641. The SMILES string of the molecule is CN(C)CCCC(O)(c1ccc(F)cc1)c1ccc(C=NOCc2ccccc2)cc1CO. The van der Waals surface area contributed by atoms with Gasteiger partial charge in [-0.25, -0.2) is 4.39 Å². The minimum atomic E-state index is -1.36. The molecular weight excluding hydrogens is 419 g/mol. The van der Waals surface area contributed by atoms with E-state index in [2.05, 4.69) is 5.16 Å². The number of rotatable bonds is 11. The first-order valence-electron chi connectivity index (χ1n) is 11.0. The summed E-state index contributed by atoms with van der Waals surface area (Å²) in [5.41, 5.74) is 2.16. The van der Waals surface area contributed by atoms with Crippen molar-refractivity contribution >= 4 is 6.21 Å². The molecule has 0 fully saturated rings. The molecular formula is C27H31FN2O3. The van der Waals surface area contributed by atoms with Crippen molar-refractivity contribution in [2.45, 2.75) is 31.7 Å². The highest BCUT2D eigenvalue weighted by molar-refractivity contribution is 5.79. The van der Waals surface area contributed by atoms with E-state index in [1.165, 1.54) is 12.1 Å². The van der Waals surface area contributed by atoms with Gasteiger partial charge in [0.2, 0.25) is 0 Å². The van der Waals surface area contributed by atoms with Crippen LogP contribution in [0.5, 0.6) is 0 Å². The van der Waals surface area contributed by atoms with Gasteiger partial charge in [-0.3, -0.25) is 0 Å². The zero-order valence-electron chi connectivity index (χ0n) is 19.1. The summed E-state index contributed by atoms with van der Waals surface area (Å²) in [4.78, 5) is 7.42. The molecule has 33 heavy (non-hydrogen) atoms. The van der Waals surface area contributed by atoms with E-state index < -0.39 is 5.60 Å². The molecule has 2 N–H and O–H groups in total. The predicted molar refractivity (Wildman–Crippen MR) is 128 cm³/mol. The first kappa shape index (κ1) is 24.6. The topological polar surface area (TPSA) is 65.3 Å². The maximum Gasteiger partial charge on any atom is 0.142 e. The third-order valence-corrected chi connectivity index (χ3v) is 5.56. The van der Waals surface area contributed by atoms with Crippen LogP contribution in [0.1, 0.15) is 40.7 Å². The van der Waals surface area contributed by atoms with Gasteiger partial charge in [0.05, 0.1) is 12.8 Å². The summed E-state index contributed by atoms with van der Waals surface area (Å²) in [6, 6.07) is 21.0. The van der Waals surface area contributed by atoms with Crippen molar-refractivity contribution in [2.75, 3.05) is 20.6 Å². The standard InChI is InChI=1S/C27H31FN2O3/c1-30(2)16-6-15-27(32,24-10-12-25(28)13-11-24)26-14-9-22(17-23(26)19-31)18-29-33-20-21-7-4-3-5-8-21/h3-5,7-14,17-18,31-32H,6,15-16,19-20H2,1-2H3. The van der Waals surface area contributed by atoms with Crippen LogP contribution in [0.3, 0.4) is 0 Å². The summed E-state index contributed by atoms with van der Waals surface area (Å²) in [5, 5.41) is 25.9. The van der Waals surface area contributed by atoms with Crippen molar-refractivity contribution in [1.29, 1.82) is 0 Å². The molecule has 0 aromatic heterocycles. The van der Waals surface area contributed by atoms with E-state index in [-0.39, 0.29) is 12.4 Å². The second kappa shape index (κ2) is 11.7. The van der Waals surface area contributed by atoms with E-state index in [0.29, 0.717) is 29.7 Å². The Morgan fingerprint density at radius 3 is 2.42 bits per heavy atom. The minimum absolute atomic E-state index is 0.251. The fraction of sp³-hybridized carbons (Fsp3) is 0.296. The molecule has 1 unspecified atom stereocenters. The van der Waals surface area contributed by atoms with Crippen molar-refractivity contribution in [3.05, 3.63) is 106 Å². The first-order valence-corrected chi connectivity index (χ1v) is 11.0. The molecule has 3 aromatic carbocycles. The van der Waals surface area contributed by atoms with Gasteiger partial charge >= 0.3 is 0 Å². The number of hydrogen-bond acceptors (Lipinski definition) is 5. The van der Waals surface area contributed by atoms with Crippen LogP contribution in [-0.4, -0.2) is 42.0 Å². The van der Waals surface area contributed by atoms with Crippen LogP contribution < -0.4 is 0 Å². The average Bonchev–Trinajstić information content (AvgIpc) is 2.82. The van der Waals surface area contributed by atoms with Gasteiger partial charge in [0.25, 0.3) is 0 Å². The Kier molecular flexibility index (Phi) is 8.72. The maximum atomic E-state index is 13.5. The summed E-state index contributed by atoms with van der Waals surface area (Å²) in [6.45, 7) is 0.902. The second-order valence-electron chi connectivity index (χ2n) is 8.34. The Morgan fingerprint density at radius 1 is 1.03 bits per heavy atom. The van der Waals surface area contributed by atoms with E-state index in [1.807, 2.05) is 55.4 Å². The maximum absolute atomic E-state index is 13.5. The zero-order chi connectivity index (χ0) is 23.7. The van der Waals surface area contributed by atoms with Gasteiger partial charge in [-0.1, -0.05) is 59.8 Å². The minimum Gasteiger partial charge on any atom is -0.392 e.